The van der Waals surface area contributed by atoms with Crippen molar-refractivity contribution < 1.29 is 9.53 Å². The third-order valence-electron chi connectivity index (χ3n) is 4.53. The van der Waals surface area contributed by atoms with Gasteiger partial charge in [-0.15, -0.1) is 0 Å². The molecule has 1 amide bonds. The van der Waals surface area contributed by atoms with Gasteiger partial charge in [-0.05, 0) is 64.2 Å². The minimum atomic E-state index is -0.478. The van der Waals surface area contributed by atoms with Gasteiger partial charge in [-0.25, -0.2) is 4.79 Å². The number of benzene rings is 1. The molecule has 2 rings (SSSR count). The monoisotopic (exact) mass is 385 g/mol. The maximum Gasteiger partial charge on any atom is 0.407 e. The summed E-state index contributed by atoms with van der Waals surface area (Å²) >= 11 is 0. The number of hydrogen-bond donors (Lipinski definition) is 3. The molecule has 0 radical (unpaired) electrons. The van der Waals surface area contributed by atoms with E-state index in [1.54, 1.807) is 13.1 Å². The summed E-state index contributed by atoms with van der Waals surface area (Å²) in [6, 6.07) is 10.1. The predicted octanol–water partition coefficient (Wildman–Crippen LogP) is 3.06. The van der Waals surface area contributed by atoms with E-state index >= 15 is 0 Å². The first-order valence-corrected chi connectivity index (χ1v) is 9.75. The van der Waals surface area contributed by atoms with Gasteiger partial charge in [0.15, 0.2) is 5.96 Å². The molecule has 28 heavy (non-hydrogen) atoms. The number of hydrogen-bond acceptors (Lipinski definition) is 4. The van der Waals surface area contributed by atoms with Crippen LogP contribution in [0.5, 0.6) is 0 Å². The number of ether oxygens (including phenoxy) is 1. The maximum absolute atomic E-state index is 11.9. The molecular weight excluding hydrogens is 354 g/mol. The molecule has 0 atom stereocenters. The number of nitrogens with one attached hydrogen (secondary N) is 3. The van der Waals surface area contributed by atoms with Gasteiger partial charge in [0.2, 0.25) is 0 Å². The number of carbonyl (C=O) groups excluding carboxylic acids is 1. The van der Waals surface area contributed by atoms with Crippen molar-refractivity contribution in [3.63, 3.8) is 0 Å². The molecule has 7 heteroatoms. The Labute approximate surface area is 167 Å². The van der Waals surface area contributed by atoms with Crippen molar-refractivity contribution in [3.05, 3.63) is 35.4 Å². The van der Waals surface area contributed by atoms with E-state index in [0.29, 0.717) is 18.2 Å². The number of aliphatic imine (C=N–C) groups is 1. The van der Waals surface area contributed by atoms with E-state index in [0.717, 1.165) is 37.2 Å². The Hall–Kier alpha value is -2.75. The highest BCUT2D eigenvalue weighted by atomic mass is 16.6. The molecule has 152 valence electrons. The average molecular weight is 386 g/mol. The van der Waals surface area contributed by atoms with Gasteiger partial charge < -0.3 is 20.7 Å². The lowest BCUT2D eigenvalue weighted by Gasteiger charge is -2.31. The second kappa shape index (κ2) is 9.98. The molecule has 3 N–H and O–H groups in total. The minimum Gasteiger partial charge on any atom is -0.444 e. The maximum atomic E-state index is 11.9. The molecule has 1 aromatic carbocycles. The van der Waals surface area contributed by atoms with Crippen molar-refractivity contribution in [2.24, 2.45) is 4.99 Å². The summed E-state index contributed by atoms with van der Waals surface area (Å²) in [5, 5.41) is 18.7. The summed E-state index contributed by atoms with van der Waals surface area (Å²) in [4.78, 5) is 16.2. The van der Waals surface area contributed by atoms with Crippen LogP contribution in [-0.4, -0.2) is 36.8 Å². The van der Waals surface area contributed by atoms with Gasteiger partial charge in [0.1, 0.15) is 5.60 Å². The van der Waals surface area contributed by atoms with Crippen molar-refractivity contribution in [2.75, 3.05) is 7.05 Å². The minimum absolute atomic E-state index is 0.150. The van der Waals surface area contributed by atoms with E-state index in [1.807, 2.05) is 39.0 Å². The Morgan fingerprint density at radius 3 is 2.43 bits per heavy atom. The van der Waals surface area contributed by atoms with Gasteiger partial charge in [0.05, 0.1) is 11.6 Å². The van der Waals surface area contributed by atoms with Gasteiger partial charge in [0, 0.05) is 25.7 Å². The van der Waals surface area contributed by atoms with Crippen LogP contribution in [0.4, 0.5) is 4.79 Å². The molecule has 1 aliphatic rings. The smallest absolute Gasteiger partial charge is 0.407 e. The van der Waals surface area contributed by atoms with Crippen LogP contribution in [0.3, 0.4) is 0 Å². The van der Waals surface area contributed by atoms with E-state index in [4.69, 9.17) is 10.00 Å². The van der Waals surface area contributed by atoms with Crippen molar-refractivity contribution >= 4 is 12.1 Å². The Morgan fingerprint density at radius 2 is 1.86 bits per heavy atom. The number of amides is 1. The van der Waals surface area contributed by atoms with E-state index in [2.05, 4.69) is 27.0 Å². The van der Waals surface area contributed by atoms with Crippen LogP contribution < -0.4 is 16.0 Å². The van der Waals surface area contributed by atoms with Crippen LogP contribution in [0.25, 0.3) is 0 Å². The Kier molecular flexibility index (Phi) is 7.68. The SMILES string of the molecule is CN=C(NCc1cccc(C#N)c1)NC1CCC(NC(=O)OC(C)(C)C)CC1. The molecule has 0 saturated heterocycles. The Bertz CT molecular complexity index is 725. The first-order valence-electron chi connectivity index (χ1n) is 9.75. The largest absolute Gasteiger partial charge is 0.444 e. The fraction of sp³-hybridized carbons (Fsp3) is 0.571. The zero-order valence-electron chi connectivity index (χ0n) is 17.2. The summed E-state index contributed by atoms with van der Waals surface area (Å²) in [7, 11) is 1.75. The number of rotatable bonds is 4. The summed E-state index contributed by atoms with van der Waals surface area (Å²) in [6.45, 7) is 6.19. The van der Waals surface area contributed by atoms with Crippen LogP contribution >= 0.6 is 0 Å². The predicted molar refractivity (Wildman–Crippen MR) is 110 cm³/mol. The molecule has 1 fully saturated rings. The van der Waals surface area contributed by atoms with Crippen LogP contribution in [0.15, 0.2) is 29.3 Å². The zero-order valence-corrected chi connectivity index (χ0v) is 17.2. The standard InChI is InChI=1S/C21H31N5O2/c1-21(2,3)28-20(27)26-18-10-8-17(9-11-18)25-19(23-4)24-14-16-7-5-6-15(12-16)13-22/h5-7,12,17-18H,8-11,14H2,1-4H3,(H,26,27)(H2,23,24,25). The molecule has 1 aromatic rings. The topological polar surface area (TPSA) is 98.5 Å². The van der Waals surface area contributed by atoms with E-state index in [1.165, 1.54) is 0 Å². The lowest BCUT2D eigenvalue weighted by Crippen LogP contribution is -2.47. The van der Waals surface area contributed by atoms with Crippen LogP contribution in [0.2, 0.25) is 0 Å². The summed E-state index contributed by atoms with van der Waals surface area (Å²) in [6.07, 6.45) is 3.35. The molecule has 7 nitrogen and oxygen atoms in total. The van der Waals surface area contributed by atoms with Gasteiger partial charge >= 0.3 is 6.09 Å². The molecule has 1 saturated carbocycles. The quantitative estimate of drug-likeness (QED) is 0.546. The lowest BCUT2D eigenvalue weighted by atomic mass is 9.91. The van der Waals surface area contributed by atoms with E-state index in [-0.39, 0.29) is 12.1 Å². The van der Waals surface area contributed by atoms with Crippen LogP contribution in [0, 0.1) is 11.3 Å². The molecular formula is C21H31N5O2. The van der Waals surface area contributed by atoms with Gasteiger partial charge in [-0.2, -0.15) is 5.26 Å². The number of nitriles is 1. The molecule has 0 spiro atoms. The summed E-state index contributed by atoms with van der Waals surface area (Å²) < 4.78 is 5.32. The number of guanidine groups is 1. The highest BCUT2D eigenvalue weighted by molar-refractivity contribution is 5.80. The van der Waals surface area contributed by atoms with Gasteiger partial charge in [-0.3, -0.25) is 4.99 Å². The second-order valence-corrected chi connectivity index (χ2v) is 8.08. The van der Waals surface area contributed by atoms with Crippen molar-refractivity contribution in [1.29, 1.82) is 5.26 Å². The molecule has 0 aromatic heterocycles. The Balaban J connectivity index is 1.74. The average Bonchev–Trinajstić information content (AvgIpc) is 2.65. The first kappa shape index (κ1) is 21.5. The van der Waals surface area contributed by atoms with Crippen molar-refractivity contribution in [1.82, 2.24) is 16.0 Å². The first-order chi connectivity index (χ1) is 13.3. The molecule has 0 aliphatic heterocycles. The van der Waals surface area contributed by atoms with Crippen LogP contribution in [-0.2, 0) is 11.3 Å². The lowest BCUT2D eigenvalue weighted by molar-refractivity contribution is 0.0490. The third-order valence-corrected chi connectivity index (χ3v) is 4.53. The van der Waals surface area contributed by atoms with E-state index < -0.39 is 5.60 Å². The third kappa shape index (κ3) is 7.47. The number of carbonyl (C=O) groups is 1. The highest BCUT2D eigenvalue weighted by Gasteiger charge is 2.25. The summed E-state index contributed by atoms with van der Waals surface area (Å²) in [5.74, 6) is 0.742. The molecule has 0 heterocycles. The van der Waals surface area contributed by atoms with Gasteiger partial charge in [-0.1, -0.05) is 12.1 Å². The zero-order chi connectivity index (χ0) is 20.6. The summed E-state index contributed by atoms with van der Waals surface area (Å²) in [5.41, 5.74) is 1.21. The van der Waals surface area contributed by atoms with Crippen LogP contribution in [0.1, 0.15) is 57.6 Å². The highest BCUT2D eigenvalue weighted by Crippen LogP contribution is 2.19. The molecule has 0 unspecified atom stereocenters. The van der Waals surface area contributed by atoms with E-state index in [9.17, 15) is 4.79 Å². The van der Waals surface area contributed by atoms with Crippen molar-refractivity contribution in [3.8, 4) is 6.07 Å². The normalized spacial score (nSPS) is 20.0. The fourth-order valence-electron chi connectivity index (χ4n) is 3.18. The van der Waals surface area contributed by atoms with Crippen molar-refractivity contribution in [2.45, 2.75) is 70.7 Å². The second-order valence-electron chi connectivity index (χ2n) is 8.08. The number of nitrogens with zero attached hydrogens (tertiary/aromatic N) is 2. The Morgan fingerprint density at radius 1 is 1.21 bits per heavy atom. The molecule has 0 bridgehead atoms. The number of alkyl carbamates (subject to hydrolysis) is 1. The van der Waals surface area contributed by atoms with Gasteiger partial charge in [0.25, 0.3) is 0 Å². The fourth-order valence-corrected chi connectivity index (χ4v) is 3.18. The molecule has 1 aliphatic carbocycles.